The first-order chi connectivity index (χ1) is 14.2. The molecule has 0 radical (unpaired) electrons. The predicted molar refractivity (Wildman–Crippen MR) is 120 cm³/mol. The van der Waals surface area contributed by atoms with Crippen molar-refractivity contribution in [1.29, 1.82) is 0 Å². The van der Waals surface area contributed by atoms with Crippen LogP contribution in [0.4, 0.5) is 0 Å². The number of carbonyl (C=O) groups is 2. The second kappa shape index (κ2) is 8.70. The van der Waals surface area contributed by atoms with Crippen molar-refractivity contribution in [2.75, 3.05) is 0 Å². The van der Waals surface area contributed by atoms with Gasteiger partial charge in [-0.05, 0) is 32.6 Å². The van der Waals surface area contributed by atoms with E-state index in [1.807, 2.05) is 24.3 Å². The second-order valence-electron chi connectivity index (χ2n) is 8.30. The first-order valence-corrected chi connectivity index (χ1v) is 10.2. The topological polar surface area (TPSA) is 52.6 Å². The maximum atomic E-state index is 12.5. The van der Waals surface area contributed by atoms with Gasteiger partial charge in [0.25, 0.3) is 0 Å². The Labute approximate surface area is 177 Å². The van der Waals surface area contributed by atoms with Crippen LogP contribution in [0.15, 0.2) is 60.7 Å². The number of ether oxygens (including phenoxy) is 2. The van der Waals surface area contributed by atoms with Gasteiger partial charge in [0.15, 0.2) is 0 Å². The van der Waals surface area contributed by atoms with Crippen LogP contribution in [0, 0.1) is 5.92 Å². The third kappa shape index (κ3) is 4.23. The van der Waals surface area contributed by atoms with Crippen molar-refractivity contribution in [3.8, 4) is 11.5 Å². The highest BCUT2D eigenvalue weighted by Gasteiger charge is 2.30. The number of carbonyl (C=O) groups excluding carboxylic acids is 2. The molecule has 4 nitrogen and oxygen atoms in total. The fraction of sp³-hybridized carbons (Fsp3) is 0.308. The van der Waals surface area contributed by atoms with Crippen LogP contribution >= 0.6 is 0 Å². The molecular formula is C26H28O4. The van der Waals surface area contributed by atoms with Gasteiger partial charge in [-0.25, -0.2) is 9.59 Å². The Bertz CT molecular complexity index is 1070. The summed E-state index contributed by atoms with van der Waals surface area (Å²) in [5, 5.41) is 1.47. The number of hydrogen-bond donors (Lipinski definition) is 0. The van der Waals surface area contributed by atoms with E-state index in [0.29, 0.717) is 35.0 Å². The Morgan fingerprint density at radius 2 is 1.53 bits per heavy atom. The molecular weight excluding hydrogens is 376 g/mol. The smallest absolute Gasteiger partial charge is 0.338 e. The van der Waals surface area contributed by atoms with Gasteiger partial charge in [-0.15, -0.1) is 0 Å². The highest BCUT2D eigenvalue weighted by molar-refractivity contribution is 6.01. The zero-order valence-electron chi connectivity index (χ0n) is 18.1. The van der Waals surface area contributed by atoms with Crippen LogP contribution in [0.2, 0.25) is 0 Å². The molecule has 0 N–H and O–H groups in total. The van der Waals surface area contributed by atoms with E-state index < -0.39 is 11.9 Å². The Kier molecular flexibility index (Phi) is 6.25. The molecule has 2 aromatic carbocycles. The number of rotatable bonds is 6. The van der Waals surface area contributed by atoms with E-state index >= 15 is 0 Å². The molecule has 0 heterocycles. The minimum absolute atomic E-state index is 0.0496. The molecule has 0 saturated carbocycles. The zero-order valence-corrected chi connectivity index (χ0v) is 18.1. The molecule has 1 aliphatic rings. The highest BCUT2D eigenvalue weighted by Crippen LogP contribution is 2.48. The molecule has 0 aliphatic heterocycles. The summed E-state index contributed by atoms with van der Waals surface area (Å²) in [5.74, 6) is 0.591. The van der Waals surface area contributed by atoms with Crippen molar-refractivity contribution in [2.45, 2.75) is 46.5 Å². The quantitative estimate of drug-likeness (QED) is 0.255. The summed E-state index contributed by atoms with van der Waals surface area (Å²) in [6.45, 7) is 15.0. The Morgan fingerprint density at radius 1 is 1.00 bits per heavy atom. The molecule has 156 valence electrons. The number of allylic oxidation sites excluding steroid dienone is 2. The van der Waals surface area contributed by atoms with Crippen molar-refractivity contribution in [2.24, 2.45) is 5.92 Å². The van der Waals surface area contributed by atoms with Gasteiger partial charge >= 0.3 is 11.9 Å². The van der Waals surface area contributed by atoms with Crippen LogP contribution in [0.5, 0.6) is 11.5 Å². The molecule has 0 fully saturated rings. The molecule has 3 rings (SSSR count). The van der Waals surface area contributed by atoms with Gasteiger partial charge in [0.2, 0.25) is 0 Å². The van der Waals surface area contributed by atoms with Crippen molar-refractivity contribution < 1.29 is 19.1 Å². The van der Waals surface area contributed by atoms with Gasteiger partial charge in [-0.2, -0.15) is 0 Å². The molecule has 0 amide bonds. The molecule has 0 bridgehead atoms. The summed E-state index contributed by atoms with van der Waals surface area (Å²) >= 11 is 0. The molecule has 1 atom stereocenters. The van der Waals surface area contributed by atoms with Crippen LogP contribution in [0.3, 0.4) is 0 Å². The van der Waals surface area contributed by atoms with E-state index in [1.165, 1.54) is 0 Å². The van der Waals surface area contributed by atoms with Gasteiger partial charge in [-0.1, -0.05) is 63.4 Å². The van der Waals surface area contributed by atoms with Crippen LogP contribution in [0.1, 0.15) is 51.2 Å². The normalized spacial score (nSPS) is 15.0. The van der Waals surface area contributed by atoms with E-state index in [2.05, 4.69) is 39.2 Å². The summed E-state index contributed by atoms with van der Waals surface area (Å²) in [6, 6.07) is 7.53. The third-order valence-electron chi connectivity index (χ3n) is 5.13. The van der Waals surface area contributed by atoms with Crippen LogP contribution < -0.4 is 9.47 Å². The van der Waals surface area contributed by atoms with Crippen molar-refractivity contribution in [3.05, 3.63) is 71.8 Å². The van der Waals surface area contributed by atoms with Crippen LogP contribution in [0.25, 0.3) is 10.8 Å². The summed E-state index contributed by atoms with van der Waals surface area (Å²) in [7, 11) is 0. The largest absolute Gasteiger partial charge is 0.422 e. The number of fused-ring (bicyclic) bond motifs is 2. The molecule has 2 aromatic rings. The van der Waals surface area contributed by atoms with Gasteiger partial charge < -0.3 is 9.47 Å². The fourth-order valence-corrected chi connectivity index (χ4v) is 3.78. The summed E-state index contributed by atoms with van der Waals surface area (Å²) < 4.78 is 11.7. The Hall–Kier alpha value is -3.14. The summed E-state index contributed by atoms with van der Waals surface area (Å²) in [4.78, 5) is 24.9. The third-order valence-corrected chi connectivity index (χ3v) is 5.13. The molecule has 1 unspecified atom stereocenters. The number of esters is 2. The standard InChI is InChI=1S/C26H28O4/c1-15(2)14-18-10-9-13-21-22(18)24(30-26(28)17(5)6)20-12-8-7-11-19(20)23(21)29-25(27)16(3)4/h7-12,15,18H,3,5,13-14H2,1-2,4,6H3. The molecule has 1 aliphatic carbocycles. The second-order valence-corrected chi connectivity index (χ2v) is 8.30. The molecule has 4 heteroatoms. The lowest BCUT2D eigenvalue weighted by molar-refractivity contribution is -0.131. The molecule has 30 heavy (non-hydrogen) atoms. The average Bonchev–Trinajstić information content (AvgIpc) is 2.69. The fourth-order valence-electron chi connectivity index (χ4n) is 3.78. The minimum atomic E-state index is -0.469. The van der Waals surface area contributed by atoms with Crippen LogP contribution in [-0.4, -0.2) is 11.9 Å². The first-order valence-electron chi connectivity index (χ1n) is 10.2. The van der Waals surface area contributed by atoms with Crippen molar-refractivity contribution in [3.63, 3.8) is 0 Å². The Balaban J connectivity index is 2.33. The lowest BCUT2D eigenvalue weighted by atomic mass is 9.80. The minimum Gasteiger partial charge on any atom is -0.422 e. The monoisotopic (exact) mass is 404 g/mol. The maximum Gasteiger partial charge on any atom is 0.338 e. The lowest BCUT2D eigenvalue weighted by Crippen LogP contribution is -2.18. The van der Waals surface area contributed by atoms with E-state index in [-0.39, 0.29) is 5.92 Å². The van der Waals surface area contributed by atoms with Crippen LogP contribution in [-0.2, 0) is 16.0 Å². The van der Waals surface area contributed by atoms with Crippen molar-refractivity contribution in [1.82, 2.24) is 0 Å². The number of hydrogen-bond acceptors (Lipinski definition) is 4. The SMILES string of the molecule is C=C(C)C(=O)Oc1c2c(c(OC(=O)C(=C)C)c3ccccc13)C(CC(C)C)C=CC2. The van der Waals surface area contributed by atoms with Gasteiger partial charge in [0.1, 0.15) is 11.5 Å². The first kappa shape index (κ1) is 21.6. The molecule has 0 spiro atoms. The lowest BCUT2D eigenvalue weighted by Gasteiger charge is -2.28. The van der Waals surface area contributed by atoms with E-state index in [1.54, 1.807) is 13.8 Å². The zero-order chi connectivity index (χ0) is 22.0. The average molecular weight is 405 g/mol. The van der Waals surface area contributed by atoms with E-state index in [9.17, 15) is 9.59 Å². The highest BCUT2D eigenvalue weighted by atomic mass is 16.5. The molecule has 0 saturated heterocycles. The van der Waals surface area contributed by atoms with Gasteiger partial charge in [-0.3, -0.25) is 0 Å². The van der Waals surface area contributed by atoms with E-state index in [0.717, 1.165) is 28.3 Å². The summed E-state index contributed by atoms with van der Waals surface area (Å²) in [6.07, 6.45) is 5.71. The maximum absolute atomic E-state index is 12.5. The van der Waals surface area contributed by atoms with Gasteiger partial charge in [0.05, 0.1) is 0 Å². The van der Waals surface area contributed by atoms with Crippen molar-refractivity contribution >= 4 is 22.7 Å². The predicted octanol–water partition coefficient (Wildman–Crippen LogP) is 6.04. The number of benzene rings is 2. The Morgan fingerprint density at radius 3 is 2.07 bits per heavy atom. The summed E-state index contributed by atoms with van der Waals surface area (Å²) in [5.41, 5.74) is 2.44. The van der Waals surface area contributed by atoms with E-state index in [4.69, 9.17) is 9.47 Å². The van der Waals surface area contributed by atoms with Gasteiger partial charge in [0, 0.05) is 39.0 Å². The molecule has 0 aromatic heterocycles.